The molecule has 0 saturated carbocycles. The van der Waals surface area contributed by atoms with E-state index in [1.54, 1.807) is 0 Å². The van der Waals surface area contributed by atoms with Crippen molar-refractivity contribution in [2.75, 3.05) is 26.7 Å². The third-order valence-electron chi connectivity index (χ3n) is 4.48. The van der Waals surface area contributed by atoms with E-state index in [9.17, 15) is 4.79 Å². The molecule has 4 nitrogen and oxygen atoms in total. The summed E-state index contributed by atoms with van der Waals surface area (Å²) >= 11 is 0. The largest absolute Gasteiger partial charge is 0.465 e. The Labute approximate surface area is 155 Å². The minimum Gasteiger partial charge on any atom is -0.465 e. The summed E-state index contributed by atoms with van der Waals surface area (Å²) in [6, 6.07) is 18.7. The lowest BCUT2D eigenvalue weighted by Gasteiger charge is -2.34. The van der Waals surface area contributed by atoms with Gasteiger partial charge in [0.15, 0.2) is 0 Å². The van der Waals surface area contributed by atoms with Gasteiger partial charge in [0.1, 0.15) is 0 Å². The van der Waals surface area contributed by atoms with Crippen molar-refractivity contribution in [3.63, 3.8) is 0 Å². The Bertz CT molecular complexity index is 678. The van der Waals surface area contributed by atoms with Crippen LogP contribution in [0.2, 0.25) is 0 Å². The van der Waals surface area contributed by atoms with Crippen LogP contribution in [0.3, 0.4) is 0 Å². The lowest BCUT2D eigenvalue weighted by molar-refractivity contribution is 0.0598. The number of halogens is 1. The van der Waals surface area contributed by atoms with Crippen molar-refractivity contribution in [3.05, 3.63) is 71.3 Å². The predicted octanol–water partition coefficient (Wildman–Crippen LogP) is 2.91. The van der Waals surface area contributed by atoms with Crippen LogP contribution in [-0.2, 0) is 17.7 Å². The summed E-state index contributed by atoms with van der Waals surface area (Å²) < 4.78 is 4.90. The smallest absolute Gasteiger partial charge is 0.338 e. The minimum absolute atomic E-state index is 0. The predicted molar refractivity (Wildman–Crippen MR) is 102 cm³/mol. The third kappa shape index (κ3) is 5.30. The summed E-state index contributed by atoms with van der Waals surface area (Å²) in [7, 11) is 1.43. The first-order chi connectivity index (χ1) is 11.8. The van der Waals surface area contributed by atoms with E-state index in [1.807, 2.05) is 30.3 Å². The summed E-state index contributed by atoms with van der Waals surface area (Å²) in [6.07, 6.45) is 1.02. The Hall–Kier alpha value is -1.88. The molecule has 3 rings (SSSR count). The van der Waals surface area contributed by atoms with Crippen LogP contribution >= 0.6 is 12.4 Å². The maximum atomic E-state index is 11.9. The summed E-state index contributed by atoms with van der Waals surface area (Å²) in [4.78, 5) is 14.3. The van der Waals surface area contributed by atoms with Crippen LogP contribution < -0.4 is 5.32 Å². The number of hydrogen-bond acceptors (Lipinski definition) is 4. The zero-order valence-corrected chi connectivity index (χ0v) is 15.3. The highest BCUT2D eigenvalue weighted by molar-refractivity contribution is 5.90. The van der Waals surface area contributed by atoms with Gasteiger partial charge in [-0.1, -0.05) is 48.5 Å². The summed E-state index contributed by atoms with van der Waals surface area (Å²) in [6.45, 7) is 3.71. The van der Waals surface area contributed by atoms with Gasteiger partial charge in [-0.05, 0) is 23.6 Å². The van der Waals surface area contributed by atoms with Crippen molar-refractivity contribution in [3.8, 4) is 0 Å². The Kier molecular flexibility index (Phi) is 7.44. The average Bonchev–Trinajstić information content (AvgIpc) is 2.63. The molecule has 5 heteroatoms. The van der Waals surface area contributed by atoms with Crippen LogP contribution in [0.15, 0.2) is 54.6 Å². The van der Waals surface area contributed by atoms with Crippen molar-refractivity contribution in [1.82, 2.24) is 10.2 Å². The molecule has 25 heavy (non-hydrogen) atoms. The zero-order valence-electron chi connectivity index (χ0n) is 14.5. The molecule has 0 amide bonds. The first-order valence-corrected chi connectivity index (χ1v) is 8.42. The molecule has 0 aliphatic carbocycles. The number of nitrogens with zero attached hydrogens (tertiary/aromatic N) is 1. The van der Waals surface area contributed by atoms with Gasteiger partial charge in [-0.25, -0.2) is 4.79 Å². The first-order valence-electron chi connectivity index (χ1n) is 8.42. The molecule has 1 N–H and O–H groups in total. The van der Waals surface area contributed by atoms with E-state index in [0.717, 1.165) is 38.2 Å². The van der Waals surface area contributed by atoms with Crippen molar-refractivity contribution >= 4 is 18.4 Å². The van der Waals surface area contributed by atoms with Crippen LogP contribution in [0.25, 0.3) is 0 Å². The lowest BCUT2D eigenvalue weighted by atomic mass is 10.0. The zero-order chi connectivity index (χ0) is 16.8. The standard InChI is InChI=1S/C20H24N2O2.ClH/c1-24-20(23)19-10-6-5-9-17(19)14-22-12-11-21-18(15-22)13-16-7-3-2-4-8-16;/h2-10,18,21H,11-15H2,1H3;1H/t18-;/m1./s1. The lowest BCUT2D eigenvalue weighted by Crippen LogP contribution is -2.51. The fourth-order valence-corrected chi connectivity index (χ4v) is 3.28. The number of esters is 1. The van der Waals surface area contributed by atoms with Gasteiger partial charge < -0.3 is 10.1 Å². The molecule has 1 atom stereocenters. The molecule has 0 unspecified atom stereocenters. The second kappa shape index (κ2) is 9.56. The SMILES string of the molecule is COC(=O)c1ccccc1CN1CCN[C@H](Cc2ccccc2)C1.Cl. The van der Waals surface area contributed by atoms with E-state index in [2.05, 4.69) is 34.5 Å². The number of benzene rings is 2. The van der Waals surface area contributed by atoms with Gasteiger partial charge in [-0.3, -0.25) is 4.90 Å². The van der Waals surface area contributed by atoms with Crippen molar-refractivity contribution in [1.29, 1.82) is 0 Å². The Morgan fingerprint density at radius 3 is 2.64 bits per heavy atom. The third-order valence-corrected chi connectivity index (χ3v) is 4.48. The van der Waals surface area contributed by atoms with Gasteiger partial charge in [0.25, 0.3) is 0 Å². The second-order valence-electron chi connectivity index (χ2n) is 6.22. The number of carbonyl (C=O) groups is 1. The Morgan fingerprint density at radius 2 is 1.88 bits per heavy atom. The highest BCUT2D eigenvalue weighted by Gasteiger charge is 2.21. The number of methoxy groups -OCH3 is 1. The maximum absolute atomic E-state index is 11.9. The average molecular weight is 361 g/mol. The maximum Gasteiger partial charge on any atom is 0.338 e. The monoisotopic (exact) mass is 360 g/mol. The van der Waals surface area contributed by atoms with Crippen LogP contribution in [0.1, 0.15) is 21.5 Å². The van der Waals surface area contributed by atoms with E-state index in [4.69, 9.17) is 4.74 Å². The minimum atomic E-state index is -0.262. The molecule has 0 bridgehead atoms. The van der Waals surface area contributed by atoms with Gasteiger partial charge in [0.05, 0.1) is 12.7 Å². The number of hydrogen-bond donors (Lipinski definition) is 1. The molecular formula is C20H25ClN2O2. The summed E-state index contributed by atoms with van der Waals surface area (Å²) in [5, 5.41) is 3.60. The highest BCUT2D eigenvalue weighted by atomic mass is 35.5. The van der Waals surface area contributed by atoms with E-state index in [-0.39, 0.29) is 18.4 Å². The number of piperazine rings is 1. The van der Waals surface area contributed by atoms with E-state index < -0.39 is 0 Å². The Morgan fingerprint density at radius 1 is 1.16 bits per heavy atom. The van der Waals surface area contributed by atoms with Gasteiger partial charge in [0.2, 0.25) is 0 Å². The molecular weight excluding hydrogens is 336 g/mol. The van der Waals surface area contributed by atoms with Gasteiger partial charge >= 0.3 is 5.97 Å². The molecule has 1 heterocycles. The van der Waals surface area contributed by atoms with Crippen molar-refractivity contribution < 1.29 is 9.53 Å². The van der Waals surface area contributed by atoms with Gasteiger partial charge in [-0.15, -0.1) is 12.4 Å². The highest BCUT2D eigenvalue weighted by Crippen LogP contribution is 2.15. The van der Waals surface area contributed by atoms with Crippen molar-refractivity contribution in [2.45, 2.75) is 19.0 Å². The van der Waals surface area contributed by atoms with Gasteiger partial charge in [0, 0.05) is 32.2 Å². The molecule has 1 saturated heterocycles. The molecule has 0 aromatic heterocycles. The molecule has 1 fully saturated rings. The van der Waals surface area contributed by atoms with Crippen LogP contribution in [0.4, 0.5) is 0 Å². The quantitative estimate of drug-likeness (QED) is 0.832. The first kappa shape index (κ1) is 19.4. The van der Waals surface area contributed by atoms with E-state index in [1.165, 1.54) is 12.7 Å². The number of nitrogens with one attached hydrogen (secondary N) is 1. The van der Waals surface area contributed by atoms with E-state index in [0.29, 0.717) is 11.6 Å². The topological polar surface area (TPSA) is 41.6 Å². The van der Waals surface area contributed by atoms with Crippen LogP contribution in [0.5, 0.6) is 0 Å². The molecule has 2 aromatic carbocycles. The molecule has 0 radical (unpaired) electrons. The Balaban J connectivity index is 0.00000225. The summed E-state index contributed by atoms with van der Waals surface area (Å²) in [5.74, 6) is -0.262. The van der Waals surface area contributed by atoms with Gasteiger partial charge in [-0.2, -0.15) is 0 Å². The van der Waals surface area contributed by atoms with Crippen LogP contribution in [0, 0.1) is 0 Å². The van der Waals surface area contributed by atoms with Crippen LogP contribution in [-0.4, -0.2) is 43.7 Å². The number of carbonyl (C=O) groups excluding carboxylic acids is 1. The molecule has 1 aliphatic heterocycles. The number of rotatable bonds is 5. The summed E-state index contributed by atoms with van der Waals surface area (Å²) in [5.41, 5.74) is 3.05. The molecule has 2 aromatic rings. The molecule has 134 valence electrons. The second-order valence-corrected chi connectivity index (χ2v) is 6.22. The normalized spacial score (nSPS) is 17.6. The number of ether oxygens (including phenoxy) is 1. The van der Waals surface area contributed by atoms with Crippen molar-refractivity contribution in [2.24, 2.45) is 0 Å². The van der Waals surface area contributed by atoms with E-state index >= 15 is 0 Å². The molecule has 1 aliphatic rings. The fraction of sp³-hybridized carbons (Fsp3) is 0.350. The molecule has 0 spiro atoms. The fourth-order valence-electron chi connectivity index (χ4n) is 3.28.